The number of hydrogen-bond acceptors (Lipinski definition) is 4. The maximum atomic E-state index is 12.5. The molecule has 1 fully saturated rings. The summed E-state index contributed by atoms with van der Waals surface area (Å²) < 4.78 is 4.95. The molecule has 100 valence electrons. The van der Waals surface area contributed by atoms with Crippen LogP contribution in [0.3, 0.4) is 0 Å². The summed E-state index contributed by atoms with van der Waals surface area (Å²) in [6.07, 6.45) is 5.06. The van der Waals surface area contributed by atoms with E-state index in [1.165, 1.54) is 6.39 Å². The number of carbonyl (C=O) groups is 1. The molecule has 2 heterocycles. The van der Waals surface area contributed by atoms with Crippen molar-refractivity contribution >= 4 is 5.91 Å². The molecule has 1 aliphatic heterocycles. The van der Waals surface area contributed by atoms with E-state index in [1.54, 1.807) is 6.26 Å². The van der Waals surface area contributed by atoms with Crippen LogP contribution in [-0.4, -0.2) is 35.4 Å². The molecular weight excluding hydrogens is 230 g/mol. The van der Waals surface area contributed by atoms with E-state index in [4.69, 9.17) is 4.42 Å². The number of hydrogen-bond donors (Lipinski definition) is 1. The lowest BCUT2D eigenvalue weighted by molar-refractivity contribution is -0.135. The Kier molecular flexibility index (Phi) is 3.71. The van der Waals surface area contributed by atoms with Crippen LogP contribution in [0.25, 0.3) is 0 Å². The maximum absolute atomic E-state index is 12.5. The monoisotopic (exact) mass is 251 g/mol. The van der Waals surface area contributed by atoms with Crippen molar-refractivity contribution in [1.29, 1.82) is 0 Å². The van der Waals surface area contributed by atoms with Gasteiger partial charge in [0, 0.05) is 6.54 Å². The normalized spacial score (nSPS) is 24.1. The predicted octanol–water partition coefficient (Wildman–Crippen LogP) is 1.41. The van der Waals surface area contributed by atoms with Crippen molar-refractivity contribution in [1.82, 2.24) is 15.2 Å². The van der Waals surface area contributed by atoms with Gasteiger partial charge in [0.25, 0.3) is 0 Å². The molecule has 0 spiro atoms. The first-order valence-electron chi connectivity index (χ1n) is 6.38. The molecular formula is C13H21N3O2. The van der Waals surface area contributed by atoms with Crippen molar-refractivity contribution in [2.24, 2.45) is 5.41 Å². The molecule has 1 unspecified atom stereocenters. The van der Waals surface area contributed by atoms with Gasteiger partial charge in [0.1, 0.15) is 6.26 Å². The molecule has 1 aliphatic rings. The summed E-state index contributed by atoms with van der Waals surface area (Å²) in [6.45, 7) is 5.61. The van der Waals surface area contributed by atoms with Crippen molar-refractivity contribution in [2.75, 3.05) is 13.6 Å². The molecule has 1 aromatic heterocycles. The van der Waals surface area contributed by atoms with Crippen molar-refractivity contribution < 1.29 is 9.21 Å². The van der Waals surface area contributed by atoms with Gasteiger partial charge in [-0.25, -0.2) is 4.98 Å². The Morgan fingerprint density at radius 1 is 1.61 bits per heavy atom. The molecule has 0 saturated carbocycles. The zero-order valence-electron chi connectivity index (χ0n) is 11.3. The lowest BCUT2D eigenvalue weighted by Crippen LogP contribution is -2.50. The molecule has 1 atom stereocenters. The number of aromatic nitrogens is 1. The third-order valence-corrected chi connectivity index (χ3v) is 3.71. The highest BCUT2D eigenvalue weighted by molar-refractivity contribution is 5.83. The summed E-state index contributed by atoms with van der Waals surface area (Å²) in [5, 5.41) is 3.16. The van der Waals surface area contributed by atoms with Gasteiger partial charge in [-0.15, -0.1) is 0 Å². The van der Waals surface area contributed by atoms with E-state index < -0.39 is 0 Å². The van der Waals surface area contributed by atoms with Gasteiger partial charge in [0.15, 0.2) is 6.39 Å². The Hall–Kier alpha value is -1.36. The third kappa shape index (κ3) is 2.56. The van der Waals surface area contributed by atoms with Crippen LogP contribution in [0.1, 0.15) is 32.4 Å². The summed E-state index contributed by atoms with van der Waals surface area (Å²) in [5.41, 5.74) is 0.794. The molecule has 1 N–H and O–H groups in total. The number of nitrogens with one attached hydrogen (secondary N) is 1. The van der Waals surface area contributed by atoms with E-state index in [-0.39, 0.29) is 17.4 Å². The molecule has 1 aromatic rings. The van der Waals surface area contributed by atoms with Crippen LogP contribution < -0.4 is 5.32 Å². The van der Waals surface area contributed by atoms with Crippen LogP contribution in [0.2, 0.25) is 0 Å². The minimum absolute atomic E-state index is 0.00952. The van der Waals surface area contributed by atoms with Crippen LogP contribution in [0.15, 0.2) is 17.1 Å². The fourth-order valence-corrected chi connectivity index (χ4v) is 2.68. The second kappa shape index (κ2) is 5.10. The van der Waals surface area contributed by atoms with E-state index in [0.29, 0.717) is 6.54 Å². The van der Waals surface area contributed by atoms with Crippen LogP contribution in [0.5, 0.6) is 0 Å². The highest BCUT2D eigenvalue weighted by Gasteiger charge is 2.38. The molecule has 18 heavy (non-hydrogen) atoms. The number of carbonyl (C=O) groups excluding carboxylic acids is 1. The SMILES string of the molecule is CNC1C(=O)N(Cc2cocn2)CCCC1(C)C. The van der Waals surface area contributed by atoms with Gasteiger partial charge in [0.2, 0.25) is 5.91 Å². The molecule has 1 saturated heterocycles. The Labute approximate surface area is 108 Å². The quantitative estimate of drug-likeness (QED) is 0.882. The Balaban J connectivity index is 2.14. The van der Waals surface area contributed by atoms with Crippen LogP contribution in [-0.2, 0) is 11.3 Å². The summed E-state index contributed by atoms with van der Waals surface area (Å²) in [5.74, 6) is 0.156. The molecule has 1 amide bonds. The van der Waals surface area contributed by atoms with Crippen molar-refractivity contribution in [2.45, 2.75) is 39.3 Å². The summed E-state index contributed by atoms with van der Waals surface area (Å²) in [7, 11) is 1.85. The van der Waals surface area contributed by atoms with Crippen LogP contribution >= 0.6 is 0 Å². The average molecular weight is 251 g/mol. The lowest BCUT2D eigenvalue weighted by atomic mass is 9.80. The topological polar surface area (TPSA) is 58.4 Å². The standard InChI is InChI=1S/C13H21N3O2/c1-13(2)5-4-6-16(12(17)11(13)14-3)7-10-8-18-9-15-10/h8-9,11,14H,4-7H2,1-3H3. The zero-order valence-corrected chi connectivity index (χ0v) is 11.3. The second-order valence-electron chi connectivity index (χ2n) is 5.55. The Morgan fingerprint density at radius 3 is 3.00 bits per heavy atom. The Morgan fingerprint density at radius 2 is 2.39 bits per heavy atom. The predicted molar refractivity (Wildman–Crippen MR) is 67.8 cm³/mol. The fourth-order valence-electron chi connectivity index (χ4n) is 2.68. The van der Waals surface area contributed by atoms with Crippen molar-refractivity contribution in [3.8, 4) is 0 Å². The van der Waals surface area contributed by atoms with Gasteiger partial charge in [0.05, 0.1) is 18.3 Å². The summed E-state index contributed by atoms with van der Waals surface area (Å²) in [4.78, 5) is 18.5. The molecule has 2 rings (SSSR count). The van der Waals surface area contributed by atoms with E-state index in [1.807, 2.05) is 11.9 Å². The fraction of sp³-hybridized carbons (Fsp3) is 0.692. The van der Waals surface area contributed by atoms with Gasteiger partial charge < -0.3 is 14.6 Å². The molecule has 0 aromatic carbocycles. The number of nitrogens with zero attached hydrogens (tertiary/aromatic N) is 2. The highest BCUT2D eigenvalue weighted by atomic mass is 16.3. The summed E-state index contributed by atoms with van der Waals surface area (Å²) >= 11 is 0. The van der Waals surface area contributed by atoms with E-state index in [2.05, 4.69) is 24.1 Å². The molecule has 0 aliphatic carbocycles. The molecule has 5 nitrogen and oxygen atoms in total. The minimum Gasteiger partial charge on any atom is -0.451 e. The molecule has 0 bridgehead atoms. The summed E-state index contributed by atoms with van der Waals surface area (Å²) in [6, 6.07) is -0.132. The number of oxazole rings is 1. The molecule has 0 radical (unpaired) electrons. The third-order valence-electron chi connectivity index (χ3n) is 3.71. The largest absolute Gasteiger partial charge is 0.451 e. The van der Waals surface area contributed by atoms with E-state index in [0.717, 1.165) is 25.1 Å². The average Bonchev–Trinajstić information content (AvgIpc) is 2.77. The minimum atomic E-state index is -0.132. The molecule has 5 heteroatoms. The first-order valence-corrected chi connectivity index (χ1v) is 6.38. The Bertz CT molecular complexity index is 400. The number of amides is 1. The maximum Gasteiger partial charge on any atom is 0.240 e. The number of likely N-dealkylation sites (tertiary alicyclic amines) is 1. The number of likely N-dealkylation sites (N-methyl/N-ethyl adjacent to an activating group) is 1. The van der Waals surface area contributed by atoms with Gasteiger partial charge in [-0.3, -0.25) is 4.79 Å². The lowest BCUT2D eigenvalue weighted by Gasteiger charge is -2.32. The van der Waals surface area contributed by atoms with E-state index >= 15 is 0 Å². The van der Waals surface area contributed by atoms with Gasteiger partial charge in [-0.05, 0) is 25.3 Å². The second-order valence-corrected chi connectivity index (χ2v) is 5.55. The van der Waals surface area contributed by atoms with E-state index in [9.17, 15) is 4.79 Å². The van der Waals surface area contributed by atoms with Crippen LogP contribution in [0, 0.1) is 5.41 Å². The van der Waals surface area contributed by atoms with Gasteiger partial charge in [-0.1, -0.05) is 13.8 Å². The van der Waals surface area contributed by atoms with Crippen molar-refractivity contribution in [3.05, 3.63) is 18.4 Å². The smallest absolute Gasteiger partial charge is 0.240 e. The first-order chi connectivity index (χ1) is 8.54. The van der Waals surface area contributed by atoms with Gasteiger partial charge >= 0.3 is 0 Å². The van der Waals surface area contributed by atoms with Crippen LogP contribution in [0.4, 0.5) is 0 Å². The first kappa shape index (κ1) is 13.1. The van der Waals surface area contributed by atoms with Gasteiger partial charge in [-0.2, -0.15) is 0 Å². The zero-order chi connectivity index (χ0) is 13.2. The highest BCUT2D eigenvalue weighted by Crippen LogP contribution is 2.31. The van der Waals surface area contributed by atoms with Crippen molar-refractivity contribution in [3.63, 3.8) is 0 Å². The number of rotatable bonds is 3.